The molecular weight excluding hydrogens is 180 g/mol. The number of aliphatic hydroxyl groups excluding tert-OH is 1. The van der Waals surface area contributed by atoms with Crippen LogP contribution in [0.5, 0.6) is 0 Å². The lowest BCUT2D eigenvalue weighted by atomic mass is 9.85. The van der Waals surface area contributed by atoms with E-state index >= 15 is 0 Å². The van der Waals surface area contributed by atoms with Crippen molar-refractivity contribution in [2.24, 2.45) is 0 Å². The van der Waals surface area contributed by atoms with Gasteiger partial charge in [-0.1, -0.05) is 19.8 Å². The van der Waals surface area contributed by atoms with Gasteiger partial charge in [-0.25, -0.2) is 0 Å². The number of methoxy groups -OCH3 is 1. The van der Waals surface area contributed by atoms with Crippen molar-refractivity contribution in [1.82, 2.24) is 0 Å². The normalized spacial score (nSPS) is 23.4. The first-order valence-corrected chi connectivity index (χ1v) is 5.56. The number of rotatable bonds is 5. The average Bonchev–Trinajstić information content (AvgIpc) is 2.26. The van der Waals surface area contributed by atoms with Crippen molar-refractivity contribution < 1.29 is 14.6 Å². The topological polar surface area (TPSA) is 38.7 Å². The molecule has 0 radical (unpaired) electrons. The van der Waals surface area contributed by atoms with E-state index in [0.29, 0.717) is 13.2 Å². The van der Waals surface area contributed by atoms with Crippen molar-refractivity contribution >= 4 is 0 Å². The average molecular weight is 202 g/mol. The lowest BCUT2D eigenvalue weighted by Crippen LogP contribution is -2.48. The molecule has 0 aromatic carbocycles. The molecule has 1 aliphatic rings. The number of aliphatic hydroxyl groups is 1. The molecule has 0 saturated carbocycles. The number of hydrogen-bond acceptors (Lipinski definition) is 3. The van der Waals surface area contributed by atoms with Gasteiger partial charge in [0.25, 0.3) is 0 Å². The van der Waals surface area contributed by atoms with Gasteiger partial charge in [0.05, 0.1) is 11.7 Å². The zero-order valence-electron chi connectivity index (χ0n) is 9.29. The third kappa shape index (κ3) is 2.69. The van der Waals surface area contributed by atoms with Crippen LogP contribution in [0, 0.1) is 0 Å². The van der Waals surface area contributed by atoms with Crippen molar-refractivity contribution in [3.8, 4) is 0 Å². The lowest BCUT2D eigenvalue weighted by Gasteiger charge is -2.39. The molecule has 1 heterocycles. The molecule has 1 saturated heterocycles. The van der Waals surface area contributed by atoms with E-state index in [1.807, 2.05) is 0 Å². The highest BCUT2D eigenvalue weighted by Crippen LogP contribution is 2.30. The summed E-state index contributed by atoms with van der Waals surface area (Å²) in [7, 11) is 1.69. The molecule has 0 aromatic rings. The van der Waals surface area contributed by atoms with E-state index in [1.165, 1.54) is 0 Å². The Morgan fingerprint density at radius 2 is 2.07 bits per heavy atom. The summed E-state index contributed by atoms with van der Waals surface area (Å²) >= 11 is 0. The first kappa shape index (κ1) is 12.0. The van der Waals surface area contributed by atoms with Gasteiger partial charge < -0.3 is 14.6 Å². The maximum absolute atomic E-state index is 10.1. The second-order valence-electron chi connectivity index (χ2n) is 4.04. The molecule has 1 fully saturated rings. The third-order valence-electron chi connectivity index (χ3n) is 3.18. The molecule has 1 unspecified atom stereocenters. The van der Waals surface area contributed by atoms with Crippen LogP contribution in [0.2, 0.25) is 0 Å². The maximum atomic E-state index is 10.1. The minimum atomic E-state index is -0.340. The second-order valence-corrected chi connectivity index (χ2v) is 4.04. The van der Waals surface area contributed by atoms with E-state index in [4.69, 9.17) is 9.47 Å². The summed E-state index contributed by atoms with van der Waals surface area (Å²) in [5, 5.41) is 10.1. The summed E-state index contributed by atoms with van der Waals surface area (Å²) in [4.78, 5) is 0. The van der Waals surface area contributed by atoms with Crippen LogP contribution in [-0.4, -0.2) is 37.1 Å². The number of ether oxygens (including phenoxy) is 2. The third-order valence-corrected chi connectivity index (χ3v) is 3.18. The monoisotopic (exact) mass is 202 g/mol. The van der Waals surface area contributed by atoms with Crippen molar-refractivity contribution in [3.63, 3.8) is 0 Å². The van der Waals surface area contributed by atoms with Gasteiger partial charge >= 0.3 is 0 Å². The van der Waals surface area contributed by atoms with Gasteiger partial charge in [0.15, 0.2) is 0 Å². The molecule has 1 atom stereocenters. The first-order valence-electron chi connectivity index (χ1n) is 5.56. The maximum Gasteiger partial charge on any atom is 0.0980 e. The Hall–Kier alpha value is -0.120. The van der Waals surface area contributed by atoms with Gasteiger partial charge in [-0.2, -0.15) is 0 Å². The van der Waals surface area contributed by atoms with Crippen molar-refractivity contribution in [3.05, 3.63) is 0 Å². The van der Waals surface area contributed by atoms with Crippen LogP contribution in [0.1, 0.15) is 39.0 Å². The highest BCUT2D eigenvalue weighted by Gasteiger charge is 2.39. The largest absolute Gasteiger partial charge is 0.390 e. The second kappa shape index (κ2) is 5.69. The zero-order valence-corrected chi connectivity index (χ0v) is 9.29. The fourth-order valence-corrected chi connectivity index (χ4v) is 2.05. The van der Waals surface area contributed by atoms with Crippen LogP contribution < -0.4 is 0 Å². The predicted molar refractivity (Wildman–Crippen MR) is 55.3 cm³/mol. The standard InChI is InChI=1S/C11H22O3/c1-3-4-5-10(12)11(13-2)6-8-14-9-7-11/h10,12H,3-9H2,1-2H3. The van der Waals surface area contributed by atoms with Gasteiger partial charge in [-0.05, 0) is 6.42 Å². The Kier molecular flexibility index (Phi) is 4.85. The quantitative estimate of drug-likeness (QED) is 0.738. The highest BCUT2D eigenvalue weighted by molar-refractivity contribution is 4.90. The van der Waals surface area contributed by atoms with E-state index in [-0.39, 0.29) is 11.7 Å². The summed E-state index contributed by atoms with van der Waals surface area (Å²) in [5.74, 6) is 0. The predicted octanol–water partition coefficient (Wildman–Crippen LogP) is 1.73. The Bertz CT molecular complexity index is 153. The Morgan fingerprint density at radius 3 is 2.57 bits per heavy atom. The van der Waals surface area contributed by atoms with Gasteiger partial charge in [0.2, 0.25) is 0 Å². The summed E-state index contributed by atoms with van der Waals surface area (Å²) in [6.45, 7) is 3.55. The van der Waals surface area contributed by atoms with E-state index in [0.717, 1.165) is 32.1 Å². The molecule has 0 spiro atoms. The van der Waals surface area contributed by atoms with E-state index in [9.17, 15) is 5.11 Å². The molecule has 3 nitrogen and oxygen atoms in total. The molecule has 0 aromatic heterocycles. The zero-order chi connectivity index (χ0) is 10.4. The lowest BCUT2D eigenvalue weighted by molar-refractivity contribution is -0.154. The molecule has 1 N–H and O–H groups in total. The van der Waals surface area contributed by atoms with Gasteiger partial charge in [0.1, 0.15) is 0 Å². The molecule has 84 valence electrons. The summed E-state index contributed by atoms with van der Waals surface area (Å²) in [5.41, 5.74) is -0.340. The number of unbranched alkanes of at least 4 members (excludes halogenated alkanes) is 1. The Labute approximate surface area is 86.4 Å². The van der Waals surface area contributed by atoms with Crippen molar-refractivity contribution in [2.45, 2.75) is 50.7 Å². The highest BCUT2D eigenvalue weighted by atomic mass is 16.5. The smallest absolute Gasteiger partial charge is 0.0980 e. The van der Waals surface area contributed by atoms with Crippen LogP contribution in [0.3, 0.4) is 0 Å². The van der Waals surface area contributed by atoms with Crippen molar-refractivity contribution in [2.75, 3.05) is 20.3 Å². The molecule has 0 amide bonds. The summed E-state index contributed by atoms with van der Waals surface area (Å²) < 4.78 is 10.8. The molecule has 0 aliphatic carbocycles. The molecule has 14 heavy (non-hydrogen) atoms. The Balaban J connectivity index is 2.48. The van der Waals surface area contributed by atoms with Crippen LogP contribution in [-0.2, 0) is 9.47 Å². The van der Waals surface area contributed by atoms with Gasteiger partial charge in [-0.3, -0.25) is 0 Å². The molecule has 3 heteroatoms. The van der Waals surface area contributed by atoms with Crippen LogP contribution in [0.15, 0.2) is 0 Å². The van der Waals surface area contributed by atoms with Crippen LogP contribution in [0.25, 0.3) is 0 Å². The minimum absolute atomic E-state index is 0.337. The van der Waals surface area contributed by atoms with Crippen LogP contribution >= 0.6 is 0 Å². The van der Waals surface area contributed by atoms with Gasteiger partial charge in [-0.15, -0.1) is 0 Å². The van der Waals surface area contributed by atoms with E-state index < -0.39 is 0 Å². The molecule has 1 aliphatic heterocycles. The van der Waals surface area contributed by atoms with E-state index in [2.05, 4.69) is 6.92 Å². The van der Waals surface area contributed by atoms with Crippen LogP contribution in [0.4, 0.5) is 0 Å². The first-order chi connectivity index (χ1) is 6.75. The molecule has 0 bridgehead atoms. The fourth-order valence-electron chi connectivity index (χ4n) is 2.05. The molecular formula is C11H22O3. The Morgan fingerprint density at radius 1 is 1.43 bits per heavy atom. The summed E-state index contributed by atoms with van der Waals surface area (Å²) in [6.07, 6.45) is 4.31. The minimum Gasteiger partial charge on any atom is -0.390 e. The van der Waals surface area contributed by atoms with Gasteiger partial charge in [0, 0.05) is 33.2 Å². The van der Waals surface area contributed by atoms with Crippen molar-refractivity contribution in [1.29, 1.82) is 0 Å². The summed E-state index contributed by atoms with van der Waals surface area (Å²) in [6, 6.07) is 0. The number of hydrogen-bond donors (Lipinski definition) is 1. The molecule has 1 rings (SSSR count). The fraction of sp³-hybridized carbons (Fsp3) is 1.00. The van der Waals surface area contributed by atoms with E-state index in [1.54, 1.807) is 7.11 Å². The SMILES string of the molecule is CCCCC(O)C1(OC)CCOCC1.